The van der Waals surface area contributed by atoms with Crippen LogP contribution < -0.4 is 5.32 Å². The van der Waals surface area contributed by atoms with Crippen LogP contribution in [0.5, 0.6) is 0 Å². The van der Waals surface area contributed by atoms with Crippen molar-refractivity contribution in [2.24, 2.45) is 0 Å². The minimum Gasteiger partial charge on any atom is -0.314 e. The highest BCUT2D eigenvalue weighted by atomic mass is 79.9. The molecule has 0 radical (unpaired) electrons. The van der Waals surface area contributed by atoms with Crippen LogP contribution in [-0.4, -0.2) is 31.1 Å². The quantitative estimate of drug-likeness (QED) is 0.843. The Morgan fingerprint density at radius 2 is 2.05 bits per heavy atom. The van der Waals surface area contributed by atoms with Gasteiger partial charge >= 0.3 is 0 Å². The number of rotatable bonds is 5. The predicted molar refractivity (Wildman–Crippen MR) is 88.1 cm³/mol. The molecule has 1 aromatic rings. The molecule has 0 spiro atoms. The average molecular weight is 366 g/mol. The molecule has 1 atom stereocenters. The third-order valence-corrected chi connectivity index (χ3v) is 4.36. The number of halogens is 3. The molecule has 114 valence electrons. The number of nitrogens with one attached hydrogen (secondary N) is 1. The lowest BCUT2D eigenvalue weighted by Gasteiger charge is -2.35. The fourth-order valence-corrected chi connectivity index (χ4v) is 3.07. The monoisotopic (exact) mass is 364 g/mol. The normalized spacial score (nSPS) is 17.6. The first kappa shape index (κ1) is 17.9. The van der Waals surface area contributed by atoms with E-state index in [0.717, 1.165) is 32.6 Å². The van der Waals surface area contributed by atoms with Gasteiger partial charge in [-0.25, -0.2) is 4.39 Å². The second-order valence-electron chi connectivity index (χ2n) is 5.12. The van der Waals surface area contributed by atoms with Crippen molar-refractivity contribution in [3.63, 3.8) is 0 Å². The number of hydrogen-bond acceptors (Lipinski definition) is 2. The van der Waals surface area contributed by atoms with E-state index in [2.05, 4.69) is 33.1 Å². The summed E-state index contributed by atoms with van der Waals surface area (Å²) < 4.78 is 14.0. The van der Waals surface area contributed by atoms with Gasteiger partial charge in [0.05, 0.1) is 4.47 Å². The fourth-order valence-electron chi connectivity index (χ4n) is 2.67. The summed E-state index contributed by atoms with van der Waals surface area (Å²) in [6.07, 6.45) is 3.56. The zero-order chi connectivity index (χ0) is 13.7. The van der Waals surface area contributed by atoms with Crippen molar-refractivity contribution in [3.8, 4) is 0 Å². The summed E-state index contributed by atoms with van der Waals surface area (Å²) in [6, 6.07) is 5.86. The Labute approximate surface area is 135 Å². The summed E-state index contributed by atoms with van der Waals surface area (Å²) in [5.74, 6) is -0.182. The molecule has 1 heterocycles. The molecule has 1 aromatic carbocycles. The van der Waals surface area contributed by atoms with Crippen LogP contribution in [0.4, 0.5) is 4.39 Å². The molecule has 2 rings (SSSR count). The Balaban J connectivity index is 0.00000200. The molecular weight excluding hydrogens is 343 g/mol. The SMILES string of the molecule is CCCC[C@@H](c1ccc(F)c(Br)c1)N1CCNCC1.Cl. The van der Waals surface area contributed by atoms with Gasteiger partial charge in [0.2, 0.25) is 0 Å². The van der Waals surface area contributed by atoms with E-state index in [1.807, 2.05) is 12.1 Å². The van der Waals surface area contributed by atoms with Crippen LogP contribution in [0.15, 0.2) is 22.7 Å². The minimum absolute atomic E-state index is 0. The molecule has 0 unspecified atom stereocenters. The first-order valence-corrected chi connectivity index (χ1v) is 7.91. The molecule has 0 aliphatic carbocycles. The van der Waals surface area contributed by atoms with Crippen LogP contribution in [0.3, 0.4) is 0 Å². The second-order valence-corrected chi connectivity index (χ2v) is 5.97. The lowest BCUT2D eigenvalue weighted by molar-refractivity contribution is 0.163. The maximum atomic E-state index is 13.4. The predicted octanol–water partition coefficient (Wildman–Crippen LogP) is 4.15. The standard InChI is InChI=1S/C15H22BrFN2.ClH/c1-2-3-4-15(19-9-7-18-8-10-19)12-5-6-14(17)13(16)11-12;/h5-6,11,15,18H,2-4,7-10H2,1H3;1H/t15-;/m0./s1. The molecular formula is C15H23BrClFN2. The van der Waals surface area contributed by atoms with Crippen molar-refractivity contribution in [2.75, 3.05) is 26.2 Å². The van der Waals surface area contributed by atoms with E-state index in [-0.39, 0.29) is 18.2 Å². The number of hydrogen-bond donors (Lipinski definition) is 1. The second kappa shape index (κ2) is 8.98. The van der Waals surface area contributed by atoms with Gasteiger partial charge in [-0.05, 0) is 40.0 Å². The number of unbranched alkanes of at least 4 members (excludes halogenated alkanes) is 1. The van der Waals surface area contributed by atoms with E-state index in [0.29, 0.717) is 10.5 Å². The van der Waals surface area contributed by atoms with Crippen LogP contribution in [-0.2, 0) is 0 Å². The number of nitrogens with zero attached hydrogens (tertiary/aromatic N) is 1. The minimum atomic E-state index is -0.182. The van der Waals surface area contributed by atoms with Crippen LogP contribution in [0.1, 0.15) is 37.8 Å². The zero-order valence-electron chi connectivity index (χ0n) is 11.9. The van der Waals surface area contributed by atoms with Gasteiger partial charge in [0.15, 0.2) is 0 Å². The van der Waals surface area contributed by atoms with Crippen molar-refractivity contribution in [1.29, 1.82) is 0 Å². The van der Waals surface area contributed by atoms with Crippen molar-refractivity contribution in [2.45, 2.75) is 32.2 Å². The van der Waals surface area contributed by atoms with E-state index in [1.165, 1.54) is 18.4 Å². The molecule has 1 fully saturated rings. The summed E-state index contributed by atoms with van der Waals surface area (Å²) in [7, 11) is 0. The first-order valence-electron chi connectivity index (χ1n) is 7.12. The molecule has 1 aliphatic heterocycles. The fraction of sp³-hybridized carbons (Fsp3) is 0.600. The summed E-state index contributed by atoms with van der Waals surface area (Å²) >= 11 is 3.30. The Morgan fingerprint density at radius 3 is 2.65 bits per heavy atom. The first-order chi connectivity index (χ1) is 9.22. The maximum Gasteiger partial charge on any atom is 0.137 e. The third kappa shape index (κ3) is 4.69. The molecule has 1 saturated heterocycles. The lowest BCUT2D eigenvalue weighted by atomic mass is 9.99. The van der Waals surface area contributed by atoms with Gasteiger partial charge in [0.1, 0.15) is 5.82 Å². The van der Waals surface area contributed by atoms with Gasteiger partial charge < -0.3 is 5.32 Å². The van der Waals surface area contributed by atoms with Gasteiger partial charge in [-0.2, -0.15) is 0 Å². The number of benzene rings is 1. The Kier molecular flexibility index (Phi) is 8.03. The summed E-state index contributed by atoms with van der Waals surface area (Å²) in [5, 5.41) is 3.39. The van der Waals surface area contributed by atoms with Gasteiger partial charge in [0, 0.05) is 32.2 Å². The third-order valence-electron chi connectivity index (χ3n) is 3.75. The molecule has 5 heteroatoms. The van der Waals surface area contributed by atoms with Crippen LogP contribution in [0.2, 0.25) is 0 Å². The molecule has 0 saturated carbocycles. The van der Waals surface area contributed by atoms with Crippen molar-refractivity contribution in [1.82, 2.24) is 10.2 Å². The van der Waals surface area contributed by atoms with Crippen LogP contribution >= 0.6 is 28.3 Å². The van der Waals surface area contributed by atoms with Gasteiger partial charge in [-0.1, -0.05) is 25.8 Å². The summed E-state index contributed by atoms with van der Waals surface area (Å²) in [4.78, 5) is 2.52. The van der Waals surface area contributed by atoms with E-state index in [1.54, 1.807) is 6.07 Å². The van der Waals surface area contributed by atoms with Gasteiger partial charge in [0.25, 0.3) is 0 Å². The molecule has 2 nitrogen and oxygen atoms in total. The highest BCUT2D eigenvalue weighted by Gasteiger charge is 2.22. The summed E-state index contributed by atoms with van der Waals surface area (Å²) in [6.45, 7) is 6.46. The topological polar surface area (TPSA) is 15.3 Å². The molecule has 1 aliphatic rings. The van der Waals surface area contributed by atoms with Crippen LogP contribution in [0, 0.1) is 5.82 Å². The highest BCUT2D eigenvalue weighted by molar-refractivity contribution is 9.10. The molecule has 0 aromatic heterocycles. The zero-order valence-corrected chi connectivity index (χ0v) is 14.3. The Hall–Kier alpha value is -0.160. The van der Waals surface area contributed by atoms with E-state index < -0.39 is 0 Å². The average Bonchev–Trinajstić information content (AvgIpc) is 2.44. The van der Waals surface area contributed by atoms with E-state index in [9.17, 15) is 4.39 Å². The van der Waals surface area contributed by atoms with Crippen molar-refractivity contribution >= 4 is 28.3 Å². The molecule has 1 N–H and O–H groups in total. The number of piperazine rings is 1. The van der Waals surface area contributed by atoms with E-state index >= 15 is 0 Å². The Bertz CT molecular complexity index is 411. The van der Waals surface area contributed by atoms with Gasteiger partial charge in [-0.3, -0.25) is 4.90 Å². The smallest absolute Gasteiger partial charge is 0.137 e. The maximum absolute atomic E-state index is 13.4. The molecule has 0 bridgehead atoms. The Morgan fingerprint density at radius 1 is 1.35 bits per heavy atom. The molecule has 0 amide bonds. The highest BCUT2D eigenvalue weighted by Crippen LogP contribution is 2.29. The summed E-state index contributed by atoms with van der Waals surface area (Å²) in [5.41, 5.74) is 1.23. The van der Waals surface area contributed by atoms with E-state index in [4.69, 9.17) is 0 Å². The van der Waals surface area contributed by atoms with Crippen LogP contribution in [0.25, 0.3) is 0 Å². The van der Waals surface area contributed by atoms with Gasteiger partial charge in [-0.15, -0.1) is 12.4 Å². The van der Waals surface area contributed by atoms with Crippen molar-refractivity contribution < 1.29 is 4.39 Å². The largest absolute Gasteiger partial charge is 0.314 e. The lowest BCUT2D eigenvalue weighted by Crippen LogP contribution is -2.45. The van der Waals surface area contributed by atoms with Crippen molar-refractivity contribution in [3.05, 3.63) is 34.1 Å². The molecule has 20 heavy (non-hydrogen) atoms.